The van der Waals surface area contributed by atoms with Crippen molar-refractivity contribution >= 4 is 5.91 Å². The fourth-order valence-corrected chi connectivity index (χ4v) is 2.87. The Morgan fingerprint density at radius 3 is 2.87 bits per heavy atom. The number of hydrogen-bond donors (Lipinski definition) is 0. The van der Waals surface area contributed by atoms with Crippen molar-refractivity contribution in [1.29, 1.82) is 0 Å². The second kappa shape index (κ2) is 7.37. The Morgan fingerprint density at radius 2 is 2.17 bits per heavy atom. The maximum absolute atomic E-state index is 12.8. The SMILES string of the molecule is CCN(CC1CCCCO1)C(=O)c1cccc(-n2cnnc2)c1. The molecule has 6 nitrogen and oxygen atoms in total. The molecule has 1 aromatic heterocycles. The molecule has 0 bridgehead atoms. The number of nitrogens with zero attached hydrogens (tertiary/aromatic N) is 4. The Bertz CT molecular complexity index is 636. The summed E-state index contributed by atoms with van der Waals surface area (Å²) < 4.78 is 7.55. The van der Waals surface area contributed by atoms with Crippen LogP contribution in [-0.2, 0) is 4.74 Å². The van der Waals surface area contributed by atoms with E-state index in [1.165, 1.54) is 6.42 Å². The van der Waals surface area contributed by atoms with Crippen LogP contribution in [0.5, 0.6) is 0 Å². The molecule has 2 heterocycles. The van der Waals surface area contributed by atoms with Crippen molar-refractivity contribution in [2.75, 3.05) is 19.7 Å². The van der Waals surface area contributed by atoms with Crippen LogP contribution >= 0.6 is 0 Å². The third kappa shape index (κ3) is 3.76. The molecule has 1 aliphatic rings. The molecule has 1 atom stereocenters. The van der Waals surface area contributed by atoms with Crippen molar-refractivity contribution in [2.45, 2.75) is 32.3 Å². The number of ether oxygens (including phenoxy) is 1. The van der Waals surface area contributed by atoms with Gasteiger partial charge in [0.1, 0.15) is 12.7 Å². The van der Waals surface area contributed by atoms with Crippen LogP contribution in [0.2, 0.25) is 0 Å². The van der Waals surface area contributed by atoms with E-state index in [0.29, 0.717) is 18.7 Å². The summed E-state index contributed by atoms with van der Waals surface area (Å²) >= 11 is 0. The summed E-state index contributed by atoms with van der Waals surface area (Å²) in [5, 5.41) is 7.61. The molecule has 0 radical (unpaired) electrons. The van der Waals surface area contributed by atoms with Gasteiger partial charge in [0.15, 0.2) is 0 Å². The fourth-order valence-electron chi connectivity index (χ4n) is 2.87. The lowest BCUT2D eigenvalue weighted by atomic mass is 10.1. The van der Waals surface area contributed by atoms with Gasteiger partial charge in [0.05, 0.1) is 6.10 Å². The van der Waals surface area contributed by atoms with E-state index in [1.54, 1.807) is 17.2 Å². The van der Waals surface area contributed by atoms with Crippen molar-refractivity contribution < 1.29 is 9.53 Å². The van der Waals surface area contributed by atoms with E-state index in [4.69, 9.17) is 4.74 Å². The Morgan fingerprint density at radius 1 is 1.35 bits per heavy atom. The quantitative estimate of drug-likeness (QED) is 0.849. The molecule has 2 aromatic rings. The number of benzene rings is 1. The first-order chi connectivity index (χ1) is 11.3. The summed E-state index contributed by atoms with van der Waals surface area (Å²) in [5.74, 6) is 0.0385. The highest BCUT2D eigenvalue weighted by Crippen LogP contribution is 2.16. The summed E-state index contributed by atoms with van der Waals surface area (Å²) in [6.45, 7) is 4.14. The zero-order valence-corrected chi connectivity index (χ0v) is 13.4. The number of likely N-dealkylation sites (N-methyl/N-ethyl adjacent to an activating group) is 1. The molecule has 0 N–H and O–H groups in total. The van der Waals surface area contributed by atoms with Gasteiger partial charge in [-0.3, -0.25) is 9.36 Å². The first kappa shape index (κ1) is 15.7. The van der Waals surface area contributed by atoms with Gasteiger partial charge >= 0.3 is 0 Å². The number of aromatic nitrogens is 3. The molecule has 1 aliphatic heterocycles. The third-order valence-electron chi connectivity index (χ3n) is 4.18. The molecular formula is C17H22N4O2. The number of carbonyl (C=O) groups excluding carboxylic acids is 1. The lowest BCUT2D eigenvalue weighted by molar-refractivity contribution is -0.00311. The molecular weight excluding hydrogens is 292 g/mol. The summed E-state index contributed by atoms with van der Waals surface area (Å²) in [7, 11) is 0. The highest BCUT2D eigenvalue weighted by atomic mass is 16.5. The van der Waals surface area contributed by atoms with Gasteiger partial charge in [0, 0.05) is 30.9 Å². The summed E-state index contributed by atoms with van der Waals surface area (Å²) in [6.07, 6.45) is 6.74. The minimum Gasteiger partial charge on any atom is -0.376 e. The van der Waals surface area contributed by atoms with E-state index >= 15 is 0 Å². The minimum atomic E-state index is 0.0385. The molecule has 1 amide bonds. The normalized spacial score (nSPS) is 17.9. The average Bonchev–Trinajstić information content (AvgIpc) is 3.15. The largest absolute Gasteiger partial charge is 0.376 e. The van der Waals surface area contributed by atoms with Crippen molar-refractivity contribution in [3.63, 3.8) is 0 Å². The van der Waals surface area contributed by atoms with E-state index in [9.17, 15) is 4.79 Å². The molecule has 122 valence electrons. The number of amides is 1. The van der Waals surface area contributed by atoms with Crippen LogP contribution in [0.15, 0.2) is 36.9 Å². The maximum Gasteiger partial charge on any atom is 0.254 e. The van der Waals surface area contributed by atoms with Gasteiger partial charge < -0.3 is 9.64 Å². The molecule has 0 saturated carbocycles. The summed E-state index contributed by atoms with van der Waals surface area (Å²) in [4.78, 5) is 14.7. The summed E-state index contributed by atoms with van der Waals surface area (Å²) in [5.41, 5.74) is 1.56. The second-order valence-corrected chi connectivity index (χ2v) is 5.75. The van der Waals surface area contributed by atoms with Crippen LogP contribution < -0.4 is 0 Å². The zero-order chi connectivity index (χ0) is 16.1. The predicted octanol–water partition coefficient (Wildman–Crippen LogP) is 2.30. The average molecular weight is 314 g/mol. The Hall–Kier alpha value is -2.21. The van der Waals surface area contributed by atoms with Crippen LogP contribution in [0, 0.1) is 0 Å². The summed E-state index contributed by atoms with van der Waals surface area (Å²) in [6, 6.07) is 7.53. The number of carbonyl (C=O) groups is 1. The Balaban J connectivity index is 1.73. The molecule has 23 heavy (non-hydrogen) atoms. The predicted molar refractivity (Wildman–Crippen MR) is 86.5 cm³/mol. The lowest BCUT2D eigenvalue weighted by Gasteiger charge is -2.29. The first-order valence-electron chi connectivity index (χ1n) is 8.14. The first-order valence-corrected chi connectivity index (χ1v) is 8.14. The minimum absolute atomic E-state index is 0.0385. The lowest BCUT2D eigenvalue weighted by Crippen LogP contribution is -2.39. The monoisotopic (exact) mass is 314 g/mol. The molecule has 0 spiro atoms. The third-order valence-corrected chi connectivity index (χ3v) is 4.18. The highest BCUT2D eigenvalue weighted by Gasteiger charge is 2.21. The molecule has 1 saturated heterocycles. The van der Waals surface area contributed by atoms with Crippen LogP contribution in [-0.4, -0.2) is 51.4 Å². The van der Waals surface area contributed by atoms with Gasteiger partial charge in [-0.1, -0.05) is 6.07 Å². The maximum atomic E-state index is 12.8. The van der Waals surface area contributed by atoms with Crippen molar-refractivity contribution in [2.24, 2.45) is 0 Å². The Labute approximate surface area is 136 Å². The second-order valence-electron chi connectivity index (χ2n) is 5.75. The van der Waals surface area contributed by atoms with Gasteiger partial charge in [0.2, 0.25) is 0 Å². The van der Waals surface area contributed by atoms with Gasteiger partial charge in [-0.25, -0.2) is 0 Å². The number of rotatable bonds is 5. The molecule has 1 unspecified atom stereocenters. The van der Waals surface area contributed by atoms with Crippen LogP contribution in [0.1, 0.15) is 36.5 Å². The number of hydrogen-bond acceptors (Lipinski definition) is 4. The topological polar surface area (TPSA) is 60.2 Å². The van der Waals surface area contributed by atoms with Gasteiger partial charge in [0.25, 0.3) is 5.91 Å². The van der Waals surface area contributed by atoms with Gasteiger partial charge in [-0.05, 0) is 44.4 Å². The zero-order valence-electron chi connectivity index (χ0n) is 13.4. The van der Waals surface area contributed by atoms with Gasteiger partial charge in [-0.2, -0.15) is 0 Å². The molecule has 1 fully saturated rings. The standard InChI is InChI=1S/C17H22N4O2/c1-2-20(11-16-8-3-4-9-23-16)17(22)14-6-5-7-15(10-14)21-12-18-19-13-21/h5-7,10,12-13,16H,2-4,8-9,11H2,1H3. The Kier molecular flexibility index (Phi) is 5.02. The highest BCUT2D eigenvalue weighted by molar-refractivity contribution is 5.94. The smallest absolute Gasteiger partial charge is 0.254 e. The van der Waals surface area contributed by atoms with Crippen LogP contribution in [0.4, 0.5) is 0 Å². The van der Waals surface area contributed by atoms with Crippen molar-refractivity contribution in [3.8, 4) is 5.69 Å². The van der Waals surface area contributed by atoms with Crippen molar-refractivity contribution in [3.05, 3.63) is 42.5 Å². The van der Waals surface area contributed by atoms with E-state index in [2.05, 4.69) is 10.2 Å². The van der Waals surface area contributed by atoms with Crippen LogP contribution in [0.3, 0.4) is 0 Å². The van der Waals surface area contributed by atoms with E-state index < -0.39 is 0 Å². The fraction of sp³-hybridized carbons (Fsp3) is 0.471. The van der Waals surface area contributed by atoms with E-state index in [1.807, 2.05) is 36.1 Å². The molecule has 1 aromatic carbocycles. The van der Waals surface area contributed by atoms with E-state index in [0.717, 1.165) is 25.1 Å². The van der Waals surface area contributed by atoms with Gasteiger partial charge in [-0.15, -0.1) is 10.2 Å². The van der Waals surface area contributed by atoms with E-state index in [-0.39, 0.29) is 12.0 Å². The molecule has 6 heteroatoms. The van der Waals surface area contributed by atoms with Crippen LogP contribution in [0.25, 0.3) is 5.69 Å². The van der Waals surface area contributed by atoms with Crippen molar-refractivity contribution in [1.82, 2.24) is 19.7 Å². The molecule has 3 rings (SSSR count). The molecule has 0 aliphatic carbocycles.